The van der Waals surface area contributed by atoms with E-state index in [0.717, 1.165) is 16.7 Å². The van der Waals surface area contributed by atoms with Crippen molar-refractivity contribution in [2.75, 3.05) is 11.5 Å². The van der Waals surface area contributed by atoms with E-state index in [2.05, 4.69) is 4.99 Å². The first-order valence-electron chi connectivity index (χ1n) is 9.34. The summed E-state index contributed by atoms with van der Waals surface area (Å²) in [6.07, 6.45) is 0.230. The van der Waals surface area contributed by atoms with Crippen molar-refractivity contribution in [2.45, 2.75) is 31.2 Å². The fraction of sp³-hybridized carbons (Fsp3) is 0.333. The number of hydrogen-bond acceptors (Lipinski definition) is 4. The number of hydrogen-bond donors (Lipinski definition) is 0. The number of carbonyl (C=O) groups excluding carboxylic acids is 1. The van der Waals surface area contributed by atoms with E-state index in [0.29, 0.717) is 16.7 Å². The molecule has 2 aromatic carbocycles. The molecule has 2 aliphatic rings. The zero-order valence-corrected chi connectivity index (χ0v) is 18.3. The summed E-state index contributed by atoms with van der Waals surface area (Å²) in [5, 5.41) is 1.17. The lowest BCUT2D eigenvalue weighted by Crippen LogP contribution is -2.37. The smallest absolute Gasteiger partial charge is 0.252 e. The number of halogens is 1. The van der Waals surface area contributed by atoms with Gasteiger partial charge < -0.3 is 4.90 Å². The second-order valence-corrected chi connectivity index (χ2v) is 11.3. The van der Waals surface area contributed by atoms with E-state index in [9.17, 15) is 13.2 Å². The summed E-state index contributed by atoms with van der Waals surface area (Å²) in [6.45, 7) is 2.49. The molecule has 0 radical (unpaired) electrons. The summed E-state index contributed by atoms with van der Waals surface area (Å²) in [5.41, 5.74) is 3.02. The molecule has 0 saturated carbocycles. The fourth-order valence-corrected chi connectivity index (χ4v) is 7.84. The lowest BCUT2D eigenvalue weighted by atomic mass is 10.1. The summed E-state index contributed by atoms with van der Waals surface area (Å²) in [5.74, 6) is 0.00971. The average Bonchev–Trinajstić information content (AvgIpc) is 3.09. The lowest BCUT2D eigenvalue weighted by Gasteiger charge is -2.24. The quantitative estimate of drug-likeness (QED) is 0.716. The van der Waals surface area contributed by atoms with Crippen LogP contribution in [0.5, 0.6) is 0 Å². The van der Waals surface area contributed by atoms with Gasteiger partial charge in [0.2, 0.25) is 0 Å². The number of aliphatic imine (C=N–C) groups is 1. The Morgan fingerprint density at radius 3 is 2.66 bits per heavy atom. The first-order chi connectivity index (χ1) is 13.8. The number of thioether (sulfide) groups is 1. The van der Waals surface area contributed by atoms with Crippen molar-refractivity contribution in [1.82, 2.24) is 4.90 Å². The van der Waals surface area contributed by atoms with Crippen molar-refractivity contribution in [3.8, 4) is 0 Å². The second kappa shape index (κ2) is 8.13. The third-order valence-corrected chi connectivity index (χ3v) is 8.60. The number of amidine groups is 1. The van der Waals surface area contributed by atoms with Crippen LogP contribution < -0.4 is 0 Å². The summed E-state index contributed by atoms with van der Waals surface area (Å²) in [4.78, 5) is 18.9. The minimum atomic E-state index is -3.07. The lowest BCUT2D eigenvalue weighted by molar-refractivity contribution is -0.117. The highest BCUT2D eigenvalue weighted by Crippen LogP contribution is 2.39. The first-order valence-corrected chi connectivity index (χ1v) is 12.4. The maximum atomic E-state index is 12.6. The summed E-state index contributed by atoms with van der Waals surface area (Å²) in [7, 11) is -3.07. The third-order valence-electron chi connectivity index (χ3n) is 5.10. The number of benzene rings is 2. The SMILES string of the molecule is Cc1cccc(CC(=O)N=C2SC3CS(=O)(=O)CC3N2Cc2ccc(Cl)cc2)c1. The van der Waals surface area contributed by atoms with Crippen LogP contribution in [0.1, 0.15) is 16.7 Å². The van der Waals surface area contributed by atoms with Gasteiger partial charge in [-0.25, -0.2) is 8.42 Å². The minimum Gasteiger partial charge on any atom is -0.342 e. The van der Waals surface area contributed by atoms with Crippen LogP contribution in [0.25, 0.3) is 0 Å². The number of sulfone groups is 1. The van der Waals surface area contributed by atoms with E-state index < -0.39 is 9.84 Å². The van der Waals surface area contributed by atoms with Gasteiger partial charge in [0.15, 0.2) is 15.0 Å². The minimum absolute atomic E-state index is 0.0854. The van der Waals surface area contributed by atoms with Crippen LogP contribution in [-0.4, -0.2) is 47.2 Å². The Morgan fingerprint density at radius 1 is 1.17 bits per heavy atom. The zero-order valence-electron chi connectivity index (χ0n) is 15.9. The van der Waals surface area contributed by atoms with Crippen LogP contribution in [0, 0.1) is 6.92 Å². The topological polar surface area (TPSA) is 66.8 Å². The van der Waals surface area contributed by atoms with E-state index in [4.69, 9.17) is 11.6 Å². The summed E-state index contributed by atoms with van der Waals surface area (Å²) in [6, 6.07) is 15.1. The molecular weight excluding hydrogens is 428 g/mol. The molecule has 2 saturated heterocycles. The maximum absolute atomic E-state index is 12.6. The summed E-state index contributed by atoms with van der Waals surface area (Å²) < 4.78 is 24.2. The number of carbonyl (C=O) groups is 1. The Kier molecular flexibility index (Phi) is 5.73. The summed E-state index contributed by atoms with van der Waals surface area (Å²) >= 11 is 7.38. The molecule has 2 atom stereocenters. The Bertz CT molecular complexity index is 1070. The van der Waals surface area contributed by atoms with Gasteiger partial charge in [-0.15, -0.1) is 0 Å². The maximum Gasteiger partial charge on any atom is 0.252 e. The molecule has 5 nitrogen and oxygen atoms in total. The average molecular weight is 449 g/mol. The highest BCUT2D eigenvalue weighted by Gasteiger charge is 2.48. The molecule has 0 spiro atoms. The Balaban J connectivity index is 1.57. The molecular formula is C21H21ClN2O3S2. The monoisotopic (exact) mass is 448 g/mol. The van der Waals surface area contributed by atoms with Crippen LogP contribution in [-0.2, 0) is 27.6 Å². The predicted molar refractivity (Wildman–Crippen MR) is 118 cm³/mol. The normalized spacial score (nSPS) is 24.1. The molecule has 0 N–H and O–H groups in total. The molecule has 0 bridgehead atoms. The van der Waals surface area contributed by atoms with Crippen LogP contribution in [0.15, 0.2) is 53.5 Å². The van der Waals surface area contributed by atoms with Crippen LogP contribution in [0.4, 0.5) is 0 Å². The van der Waals surface area contributed by atoms with Gasteiger partial charge >= 0.3 is 0 Å². The van der Waals surface area contributed by atoms with Gasteiger partial charge in [-0.1, -0.05) is 65.3 Å². The van der Waals surface area contributed by atoms with Gasteiger partial charge in [0.05, 0.1) is 24.0 Å². The number of nitrogens with zero attached hydrogens (tertiary/aromatic N) is 2. The largest absolute Gasteiger partial charge is 0.342 e. The molecule has 2 heterocycles. The highest BCUT2D eigenvalue weighted by atomic mass is 35.5. The standard InChI is InChI=1S/C21H21ClN2O3S2/c1-14-3-2-4-16(9-14)10-20(25)23-21-24(11-15-5-7-17(22)8-6-15)18-12-29(26,27)13-19(18)28-21/h2-9,18-19H,10-13H2,1H3. The van der Waals surface area contributed by atoms with Gasteiger partial charge in [0.25, 0.3) is 5.91 Å². The number of rotatable bonds is 4. The van der Waals surface area contributed by atoms with E-state index >= 15 is 0 Å². The Hall–Kier alpha value is -1.83. The molecule has 8 heteroatoms. The van der Waals surface area contributed by atoms with Crippen molar-refractivity contribution < 1.29 is 13.2 Å². The van der Waals surface area contributed by atoms with E-state index in [1.807, 2.05) is 60.4 Å². The van der Waals surface area contributed by atoms with Crippen LogP contribution in [0.2, 0.25) is 5.02 Å². The molecule has 29 heavy (non-hydrogen) atoms. The van der Waals surface area contributed by atoms with Crippen molar-refractivity contribution >= 4 is 44.3 Å². The number of amides is 1. The zero-order chi connectivity index (χ0) is 20.6. The molecule has 1 amide bonds. The van der Waals surface area contributed by atoms with Crippen molar-refractivity contribution in [1.29, 1.82) is 0 Å². The van der Waals surface area contributed by atoms with Gasteiger partial charge in [-0.05, 0) is 30.2 Å². The van der Waals surface area contributed by atoms with Crippen molar-refractivity contribution in [3.63, 3.8) is 0 Å². The molecule has 0 aliphatic carbocycles. The molecule has 0 aromatic heterocycles. The fourth-order valence-electron chi connectivity index (χ4n) is 3.75. The van der Waals surface area contributed by atoms with Crippen LogP contribution in [0.3, 0.4) is 0 Å². The first kappa shape index (κ1) is 20.4. The van der Waals surface area contributed by atoms with Gasteiger partial charge in [-0.2, -0.15) is 4.99 Å². The highest BCUT2D eigenvalue weighted by molar-refractivity contribution is 8.15. The van der Waals surface area contributed by atoms with E-state index in [1.165, 1.54) is 11.8 Å². The van der Waals surface area contributed by atoms with Crippen LogP contribution >= 0.6 is 23.4 Å². The molecule has 152 valence electrons. The Labute approximate surface area is 180 Å². The number of aryl methyl sites for hydroxylation is 1. The third kappa shape index (κ3) is 4.85. The van der Waals surface area contributed by atoms with Gasteiger partial charge in [0, 0.05) is 16.8 Å². The Morgan fingerprint density at radius 2 is 1.93 bits per heavy atom. The molecule has 2 aliphatic heterocycles. The number of fused-ring (bicyclic) bond motifs is 1. The molecule has 2 fully saturated rings. The van der Waals surface area contributed by atoms with Gasteiger partial charge in [0.1, 0.15) is 0 Å². The predicted octanol–water partition coefficient (Wildman–Crippen LogP) is 3.49. The molecule has 4 rings (SSSR count). The van der Waals surface area contributed by atoms with Crippen molar-refractivity contribution in [3.05, 3.63) is 70.2 Å². The second-order valence-electron chi connectivity index (χ2n) is 7.51. The van der Waals surface area contributed by atoms with E-state index in [1.54, 1.807) is 0 Å². The van der Waals surface area contributed by atoms with Gasteiger partial charge in [-0.3, -0.25) is 4.79 Å². The molecule has 2 unspecified atom stereocenters. The van der Waals surface area contributed by atoms with Crippen molar-refractivity contribution in [2.24, 2.45) is 4.99 Å². The molecule has 2 aromatic rings. The van der Waals surface area contributed by atoms with E-state index in [-0.39, 0.29) is 35.1 Å².